The van der Waals surface area contributed by atoms with Crippen LogP contribution in [0.5, 0.6) is 0 Å². The van der Waals surface area contributed by atoms with E-state index in [2.05, 4.69) is 31.9 Å². The van der Waals surface area contributed by atoms with E-state index in [-0.39, 0.29) is 15.4 Å². The lowest BCUT2D eigenvalue weighted by atomic mass is 10.1. The number of benzene rings is 1. The molecule has 0 aliphatic heterocycles. The Hall–Kier alpha value is -0.290. The van der Waals surface area contributed by atoms with Crippen LogP contribution >= 0.6 is 31.9 Å². The number of carbonyl (C=O) groups excluding carboxylic acids is 1. The third-order valence-corrected chi connectivity index (χ3v) is 2.61. The maximum absolute atomic E-state index is 13.1. The zero-order valence-corrected chi connectivity index (χ0v) is 9.45. The van der Waals surface area contributed by atoms with Gasteiger partial charge in [0.25, 0.3) is 0 Å². The van der Waals surface area contributed by atoms with Gasteiger partial charge in [-0.1, -0.05) is 15.9 Å². The van der Waals surface area contributed by atoms with Crippen LogP contribution in [-0.2, 0) is 0 Å². The molecule has 0 saturated heterocycles. The number of ketones is 1. The van der Waals surface area contributed by atoms with E-state index in [4.69, 9.17) is 0 Å². The second-order valence-corrected chi connectivity index (χ2v) is 3.69. The summed E-state index contributed by atoms with van der Waals surface area (Å²) in [6, 6.07) is 2.26. The van der Waals surface area contributed by atoms with Crippen molar-refractivity contribution in [2.45, 2.75) is 0 Å². The van der Waals surface area contributed by atoms with Gasteiger partial charge in [0.2, 0.25) is 0 Å². The van der Waals surface area contributed by atoms with Crippen LogP contribution in [-0.4, -0.2) is 11.1 Å². The lowest BCUT2D eigenvalue weighted by Crippen LogP contribution is -2.06. The van der Waals surface area contributed by atoms with Crippen LogP contribution in [0.1, 0.15) is 10.4 Å². The lowest BCUT2D eigenvalue weighted by Gasteiger charge is -2.03. The first-order valence-corrected chi connectivity index (χ1v) is 5.22. The number of hydrogen-bond acceptors (Lipinski definition) is 1. The van der Waals surface area contributed by atoms with Crippen LogP contribution < -0.4 is 0 Å². The number of halogens is 4. The van der Waals surface area contributed by atoms with E-state index in [0.717, 1.165) is 6.07 Å². The van der Waals surface area contributed by atoms with Gasteiger partial charge in [0, 0.05) is 4.47 Å². The van der Waals surface area contributed by atoms with Gasteiger partial charge in [-0.25, -0.2) is 8.78 Å². The second kappa shape index (κ2) is 4.28. The van der Waals surface area contributed by atoms with E-state index in [1.54, 1.807) is 0 Å². The molecule has 0 amide bonds. The summed E-state index contributed by atoms with van der Waals surface area (Å²) in [5.41, 5.74) is -0.253. The molecule has 0 aliphatic rings. The summed E-state index contributed by atoms with van der Waals surface area (Å²) in [6.45, 7) is 0. The maximum atomic E-state index is 13.1. The van der Waals surface area contributed by atoms with Gasteiger partial charge in [0.15, 0.2) is 17.4 Å². The first kappa shape index (κ1) is 10.8. The van der Waals surface area contributed by atoms with Gasteiger partial charge >= 0.3 is 0 Å². The van der Waals surface area contributed by atoms with Crippen LogP contribution in [0.15, 0.2) is 16.6 Å². The molecule has 0 fully saturated rings. The normalized spacial score (nSPS) is 10.2. The van der Waals surface area contributed by atoms with E-state index in [1.807, 2.05) is 0 Å². The Morgan fingerprint density at radius 3 is 2.54 bits per heavy atom. The van der Waals surface area contributed by atoms with Crippen LogP contribution in [0.25, 0.3) is 0 Å². The fourth-order valence-electron chi connectivity index (χ4n) is 0.849. The Kier molecular flexibility index (Phi) is 3.55. The molecule has 0 unspecified atom stereocenters. The van der Waals surface area contributed by atoms with Gasteiger partial charge in [-0.15, -0.1) is 0 Å². The molecule has 0 saturated carbocycles. The average Bonchev–Trinajstić information content (AvgIpc) is 2.12. The van der Waals surface area contributed by atoms with Gasteiger partial charge in [-0.2, -0.15) is 0 Å². The highest BCUT2D eigenvalue weighted by atomic mass is 79.9. The molecule has 0 atom stereocenters. The molecule has 1 nitrogen and oxygen atoms in total. The van der Waals surface area contributed by atoms with Gasteiger partial charge in [-0.05, 0) is 28.1 Å². The molecule has 13 heavy (non-hydrogen) atoms. The fourth-order valence-corrected chi connectivity index (χ4v) is 1.66. The molecule has 70 valence electrons. The van der Waals surface area contributed by atoms with E-state index in [9.17, 15) is 13.6 Å². The summed E-state index contributed by atoms with van der Waals surface area (Å²) in [5, 5.41) is -0.0357. The third kappa shape index (κ3) is 2.14. The van der Waals surface area contributed by atoms with E-state index < -0.39 is 17.4 Å². The van der Waals surface area contributed by atoms with Crippen molar-refractivity contribution in [2.24, 2.45) is 0 Å². The molecule has 0 N–H and O–H groups in total. The SMILES string of the molecule is O=C(CBr)c1c(Br)ccc(F)c1F. The predicted molar refractivity (Wildman–Crippen MR) is 52.2 cm³/mol. The Morgan fingerprint density at radius 1 is 1.38 bits per heavy atom. The Bertz CT molecular complexity index is 352. The highest BCUT2D eigenvalue weighted by Crippen LogP contribution is 2.22. The van der Waals surface area contributed by atoms with Crippen molar-refractivity contribution in [3.05, 3.63) is 33.8 Å². The van der Waals surface area contributed by atoms with Crippen LogP contribution in [0.3, 0.4) is 0 Å². The number of rotatable bonds is 2. The molecule has 0 spiro atoms. The summed E-state index contributed by atoms with van der Waals surface area (Å²) in [7, 11) is 0. The summed E-state index contributed by atoms with van der Waals surface area (Å²) in [4.78, 5) is 11.1. The minimum Gasteiger partial charge on any atom is -0.293 e. The van der Waals surface area contributed by atoms with Gasteiger partial charge in [-0.3, -0.25) is 4.79 Å². The molecule has 1 rings (SSSR count). The minimum absolute atomic E-state index is 0.0357. The van der Waals surface area contributed by atoms with Crippen molar-refractivity contribution in [3.8, 4) is 0 Å². The van der Waals surface area contributed by atoms with E-state index in [1.165, 1.54) is 6.07 Å². The van der Waals surface area contributed by atoms with Crippen LogP contribution in [0.4, 0.5) is 8.78 Å². The van der Waals surface area contributed by atoms with Crippen molar-refractivity contribution in [3.63, 3.8) is 0 Å². The summed E-state index contributed by atoms with van der Waals surface area (Å²) in [6.07, 6.45) is 0. The van der Waals surface area contributed by atoms with Crippen molar-refractivity contribution in [1.29, 1.82) is 0 Å². The molecule has 0 aromatic heterocycles. The topological polar surface area (TPSA) is 17.1 Å². The molecular formula is C8H4Br2F2O. The fraction of sp³-hybridized carbons (Fsp3) is 0.125. The van der Waals surface area contributed by atoms with Crippen molar-refractivity contribution in [1.82, 2.24) is 0 Å². The Balaban J connectivity index is 3.33. The van der Waals surface area contributed by atoms with Gasteiger partial charge in [0.1, 0.15) is 0 Å². The van der Waals surface area contributed by atoms with Crippen molar-refractivity contribution in [2.75, 3.05) is 5.33 Å². The smallest absolute Gasteiger partial charge is 0.177 e. The molecule has 0 aliphatic carbocycles. The third-order valence-electron chi connectivity index (χ3n) is 1.44. The van der Waals surface area contributed by atoms with Crippen molar-refractivity contribution >= 4 is 37.6 Å². The summed E-state index contributed by atoms with van der Waals surface area (Å²) < 4.78 is 26.0. The molecule has 5 heteroatoms. The predicted octanol–water partition coefficient (Wildman–Crippen LogP) is 3.30. The number of hydrogen-bond donors (Lipinski definition) is 0. The van der Waals surface area contributed by atoms with Crippen molar-refractivity contribution < 1.29 is 13.6 Å². The zero-order chi connectivity index (χ0) is 10.0. The van der Waals surface area contributed by atoms with Crippen LogP contribution in [0.2, 0.25) is 0 Å². The Labute approximate surface area is 90.4 Å². The zero-order valence-electron chi connectivity index (χ0n) is 6.28. The first-order valence-electron chi connectivity index (χ1n) is 3.30. The summed E-state index contributed by atoms with van der Waals surface area (Å²) >= 11 is 5.86. The molecular weight excluding hydrogens is 310 g/mol. The largest absolute Gasteiger partial charge is 0.293 e. The summed E-state index contributed by atoms with van der Waals surface area (Å²) in [5.74, 6) is -2.63. The number of Topliss-reactive ketones (excluding diaryl/α,β-unsaturated/α-hetero) is 1. The van der Waals surface area contributed by atoms with E-state index >= 15 is 0 Å². The maximum Gasteiger partial charge on any atom is 0.177 e. The number of alkyl halides is 1. The molecule has 1 aromatic carbocycles. The standard InChI is InChI=1S/C8H4Br2F2O/c9-3-6(13)7-4(10)1-2-5(11)8(7)12/h1-2H,3H2. The molecule has 0 heterocycles. The van der Waals surface area contributed by atoms with Gasteiger partial charge in [0.05, 0.1) is 10.9 Å². The Morgan fingerprint density at radius 2 is 2.00 bits per heavy atom. The molecule has 0 radical (unpaired) electrons. The minimum atomic E-state index is -1.11. The first-order chi connectivity index (χ1) is 6.07. The van der Waals surface area contributed by atoms with Gasteiger partial charge < -0.3 is 0 Å². The average molecular weight is 314 g/mol. The molecule has 0 bridgehead atoms. The quantitative estimate of drug-likeness (QED) is 0.465. The second-order valence-electron chi connectivity index (χ2n) is 2.27. The van der Waals surface area contributed by atoms with Crippen LogP contribution in [0, 0.1) is 11.6 Å². The highest BCUT2D eigenvalue weighted by Gasteiger charge is 2.17. The number of carbonyl (C=O) groups is 1. The lowest BCUT2D eigenvalue weighted by molar-refractivity contribution is 0.101. The highest BCUT2D eigenvalue weighted by molar-refractivity contribution is 9.10. The molecule has 1 aromatic rings. The monoisotopic (exact) mass is 312 g/mol. The van der Waals surface area contributed by atoms with E-state index in [0.29, 0.717) is 0 Å².